The molecule has 17 heavy (non-hydrogen) atoms. The van der Waals surface area contributed by atoms with Gasteiger partial charge in [-0.1, -0.05) is 12.1 Å². The minimum absolute atomic E-state index is 0.194. The molecule has 1 aromatic carbocycles. The third-order valence-corrected chi connectivity index (χ3v) is 2.86. The van der Waals surface area contributed by atoms with Crippen molar-refractivity contribution in [3.63, 3.8) is 0 Å². The van der Waals surface area contributed by atoms with Crippen LogP contribution in [0.15, 0.2) is 18.2 Å². The van der Waals surface area contributed by atoms with E-state index >= 15 is 0 Å². The van der Waals surface area contributed by atoms with Crippen molar-refractivity contribution < 1.29 is 4.74 Å². The Morgan fingerprint density at radius 3 is 2.59 bits per heavy atom. The largest absolute Gasteiger partial charge is 0.494 e. The zero-order valence-corrected chi connectivity index (χ0v) is 11.3. The van der Waals surface area contributed by atoms with Crippen LogP contribution in [0.2, 0.25) is 0 Å². The number of nitrogens with two attached hydrogens (primary N) is 1. The van der Waals surface area contributed by atoms with Gasteiger partial charge in [0.1, 0.15) is 5.75 Å². The fourth-order valence-corrected chi connectivity index (χ4v) is 2.00. The molecule has 0 heterocycles. The zero-order chi connectivity index (χ0) is 12.8. The molecule has 3 nitrogen and oxygen atoms in total. The smallest absolute Gasteiger partial charge is 0.122 e. The molecule has 1 aromatic rings. The van der Waals surface area contributed by atoms with E-state index in [-0.39, 0.29) is 6.04 Å². The minimum Gasteiger partial charge on any atom is -0.494 e. The summed E-state index contributed by atoms with van der Waals surface area (Å²) in [6, 6.07) is 6.83. The SMILES string of the molecule is CCOc1ccc(C(CC(C)N)NC)cc1C. The third-order valence-electron chi connectivity index (χ3n) is 2.86. The van der Waals surface area contributed by atoms with Gasteiger partial charge in [-0.05, 0) is 51.4 Å². The maximum Gasteiger partial charge on any atom is 0.122 e. The van der Waals surface area contributed by atoms with Gasteiger partial charge in [0, 0.05) is 12.1 Å². The van der Waals surface area contributed by atoms with Crippen molar-refractivity contribution >= 4 is 0 Å². The zero-order valence-electron chi connectivity index (χ0n) is 11.3. The van der Waals surface area contributed by atoms with E-state index in [0.717, 1.165) is 12.2 Å². The normalized spacial score (nSPS) is 14.4. The second-order valence-corrected chi connectivity index (χ2v) is 4.51. The first-order valence-corrected chi connectivity index (χ1v) is 6.24. The molecule has 3 N–H and O–H groups in total. The lowest BCUT2D eigenvalue weighted by atomic mass is 9.98. The molecule has 0 aliphatic carbocycles. The monoisotopic (exact) mass is 236 g/mol. The lowest BCUT2D eigenvalue weighted by Gasteiger charge is -2.20. The van der Waals surface area contributed by atoms with Crippen LogP contribution >= 0.6 is 0 Å². The van der Waals surface area contributed by atoms with E-state index in [0.29, 0.717) is 12.6 Å². The molecule has 2 unspecified atom stereocenters. The van der Waals surface area contributed by atoms with Crippen molar-refractivity contribution in [3.05, 3.63) is 29.3 Å². The van der Waals surface area contributed by atoms with E-state index in [2.05, 4.69) is 24.4 Å². The summed E-state index contributed by atoms with van der Waals surface area (Å²) in [4.78, 5) is 0. The molecule has 1 rings (SSSR count). The Kier molecular flexibility index (Phi) is 5.45. The van der Waals surface area contributed by atoms with Gasteiger partial charge in [-0.25, -0.2) is 0 Å². The van der Waals surface area contributed by atoms with Gasteiger partial charge in [-0.2, -0.15) is 0 Å². The summed E-state index contributed by atoms with van der Waals surface area (Å²) in [5.74, 6) is 0.965. The van der Waals surface area contributed by atoms with Crippen molar-refractivity contribution in [2.24, 2.45) is 5.73 Å². The molecule has 3 heteroatoms. The molecular formula is C14H24N2O. The number of rotatable bonds is 6. The van der Waals surface area contributed by atoms with Crippen LogP contribution in [0.1, 0.15) is 37.4 Å². The van der Waals surface area contributed by atoms with E-state index in [1.807, 2.05) is 27.0 Å². The Balaban J connectivity index is 2.86. The van der Waals surface area contributed by atoms with E-state index in [4.69, 9.17) is 10.5 Å². The molecule has 0 aliphatic heterocycles. The molecule has 0 aliphatic rings. The molecular weight excluding hydrogens is 212 g/mol. The van der Waals surface area contributed by atoms with E-state index in [1.54, 1.807) is 0 Å². The Bertz CT molecular complexity index is 350. The number of hydrogen-bond donors (Lipinski definition) is 2. The average molecular weight is 236 g/mol. The molecule has 0 aromatic heterocycles. The van der Waals surface area contributed by atoms with Crippen molar-refractivity contribution in [3.8, 4) is 5.75 Å². The fraction of sp³-hybridized carbons (Fsp3) is 0.571. The molecule has 0 amide bonds. The second-order valence-electron chi connectivity index (χ2n) is 4.51. The Labute approximate surface area is 104 Å². The summed E-state index contributed by atoms with van der Waals surface area (Å²) in [5, 5.41) is 3.31. The summed E-state index contributed by atoms with van der Waals surface area (Å²) < 4.78 is 5.54. The maximum absolute atomic E-state index is 5.86. The number of ether oxygens (including phenoxy) is 1. The molecule has 0 fully saturated rings. The highest BCUT2D eigenvalue weighted by molar-refractivity contribution is 5.37. The lowest BCUT2D eigenvalue weighted by Crippen LogP contribution is -2.25. The number of aryl methyl sites for hydroxylation is 1. The van der Waals surface area contributed by atoms with Crippen molar-refractivity contribution in [1.82, 2.24) is 5.32 Å². The first-order valence-electron chi connectivity index (χ1n) is 6.24. The summed E-state index contributed by atoms with van der Waals surface area (Å²) >= 11 is 0. The van der Waals surface area contributed by atoms with Gasteiger partial charge in [-0.3, -0.25) is 0 Å². The van der Waals surface area contributed by atoms with Gasteiger partial charge >= 0.3 is 0 Å². The van der Waals surface area contributed by atoms with Crippen LogP contribution in [0.4, 0.5) is 0 Å². The lowest BCUT2D eigenvalue weighted by molar-refractivity contribution is 0.337. The molecule has 0 spiro atoms. The predicted octanol–water partition coefficient (Wildman–Crippen LogP) is 2.39. The average Bonchev–Trinajstić information content (AvgIpc) is 2.28. The summed E-state index contributed by atoms with van der Waals surface area (Å²) in [5.41, 5.74) is 8.30. The van der Waals surface area contributed by atoms with Gasteiger partial charge in [-0.15, -0.1) is 0 Å². The van der Waals surface area contributed by atoms with Crippen LogP contribution in [0, 0.1) is 6.92 Å². The third kappa shape index (κ3) is 4.02. The first kappa shape index (κ1) is 14.0. The standard InChI is InChI=1S/C14H24N2O/c1-5-17-14-7-6-12(8-10(14)2)13(16-4)9-11(3)15/h6-8,11,13,16H,5,9,15H2,1-4H3. The van der Waals surface area contributed by atoms with Crippen LogP contribution in [0.3, 0.4) is 0 Å². The topological polar surface area (TPSA) is 47.3 Å². The number of nitrogens with one attached hydrogen (secondary N) is 1. The van der Waals surface area contributed by atoms with Gasteiger partial charge in [0.15, 0.2) is 0 Å². The molecule has 0 saturated heterocycles. The van der Waals surface area contributed by atoms with Crippen molar-refractivity contribution in [2.75, 3.05) is 13.7 Å². The quantitative estimate of drug-likeness (QED) is 0.797. The van der Waals surface area contributed by atoms with Gasteiger partial charge in [0.2, 0.25) is 0 Å². The highest BCUT2D eigenvalue weighted by Crippen LogP contribution is 2.24. The molecule has 96 valence electrons. The van der Waals surface area contributed by atoms with Crippen LogP contribution in [0.25, 0.3) is 0 Å². The van der Waals surface area contributed by atoms with Gasteiger partial charge in [0.05, 0.1) is 6.61 Å². The minimum atomic E-state index is 0.194. The van der Waals surface area contributed by atoms with E-state index < -0.39 is 0 Å². The second kappa shape index (κ2) is 6.62. The Hall–Kier alpha value is -1.06. The van der Waals surface area contributed by atoms with E-state index in [1.165, 1.54) is 11.1 Å². The van der Waals surface area contributed by atoms with Gasteiger partial charge in [0.25, 0.3) is 0 Å². The first-order chi connectivity index (χ1) is 8.08. The summed E-state index contributed by atoms with van der Waals surface area (Å²) in [6.07, 6.45) is 0.934. The maximum atomic E-state index is 5.86. The molecule has 2 atom stereocenters. The van der Waals surface area contributed by atoms with E-state index in [9.17, 15) is 0 Å². The van der Waals surface area contributed by atoms with Crippen molar-refractivity contribution in [1.29, 1.82) is 0 Å². The molecule has 0 radical (unpaired) electrons. The van der Waals surface area contributed by atoms with Crippen LogP contribution < -0.4 is 15.8 Å². The Morgan fingerprint density at radius 1 is 1.41 bits per heavy atom. The fourth-order valence-electron chi connectivity index (χ4n) is 2.00. The molecule has 0 bridgehead atoms. The predicted molar refractivity (Wildman–Crippen MR) is 72.4 cm³/mol. The van der Waals surface area contributed by atoms with Crippen molar-refractivity contribution in [2.45, 2.75) is 39.3 Å². The van der Waals surface area contributed by atoms with Crippen LogP contribution in [-0.4, -0.2) is 19.7 Å². The molecule has 0 saturated carbocycles. The van der Waals surface area contributed by atoms with Crippen LogP contribution in [0.5, 0.6) is 5.75 Å². The number of benzene rings is 1. The number of hydrogen-bond acceptors (Lipinski definition) is 3. The summed E-state index contributed by atoms with van der Waals surface area (Å²) in [6.45, 7) is 6.81. The Morgan fingerprint density at radius 2 is 2.12 bits per heavy atom. The van der Waals surface area contributed by atoms with Gasteiger partial charge < -0.3 is 15.8 Å². The highest BCUT2D eigenvalue weighted by Gasteiger charge is 2.12. The van der Waals surface area contributed by atoms with Crippen LogP contribution in [-0.2, 0) is 0 Å². The highest BCUT2D eigenvalue weighted by atomic mass is 16.5. The summed E-state index contributed by atoms with van der Waals surface area (Å²) in [7, 11) is 1.97.